The highest BCUT2D eigenvalue weighted by Gasteiger charge is 2.31. The Bertz CT molecular complexity index is 372. The SMILES string of the molecule is C[C@@H]1CCCN(S(=O)(=O)N[C@@H]2CNCC[C@H]2C)C1. The summed E-state index contributed by atoms with van der Waals surface area (Å²) in [5.41, 5.74) is 0. The second-order valence-corrected chi connectivity index (χ2v) is 7.51. The smallest absolute Gasteiger partial charge is 0.279 e. The Balaban J connectivity index is 1.97. The van der Waals surface area contributed by atoms with Crippen molar-refractivity contribution >= 4 is 10.2 Å². The topological polar surface area (TPSA) is 61.4 Å². The predicted octanol–water partition coefficient (Wildman–Crippen LogP) is 0.551. The summed E-state index contributed by atoms with van der Waals surface area (Å²) in [6.07, 6.45) is 3.14. The van der Waals surface area contributed by atoms with Crippen LogP contribution in [-0.2, 0) is 10.2 Å². The third-order valence-corrected chi connectivity index (χ3v) is 5.70. The molecule has 0 radical (unpaired) electrons. The van der Waals surface area contributed by atoms with E-state index in [1.54, 1.807) is 4.31 Å². The lowest BCUT2D eigenvalue weighted by Gasteiger charge is -2.35. The number of rotatable bonds is 3. The van der Waals surface area contributed by atoms with E-state index in [9.17, 15) is 8.42 Å². The standard InChI is InChI=1S/C12H25N3O2S/c1-10-4-3-7-15(9-10)18(16,17)14-12-8-13-6-5-11(12)2/h10-14H,3-9H2,1-2H3/t10-,11-,12-/m1/s1. The predicted molar refractivity (Wildman–Crippen MR) is 72.5 cm³/mol. The van der Waals surface area contributed by atoms with E-state index in [-0.39, 0.29) is 6.04 Å². The highest BCUT2D eigenvalue weighted by atomic mass is 32.2. The molecule has 0 bridgehead atoms. The molecule has 3 atom stereocenters. The van der Waals surface area contributed by atoms with Crippen molar-refractivity contribution in [3.8, 4) is 0 Å². The molecular weight excluding hydrogens is 250 g/mol. The Morgan fingerprint density at radius 1 is 1.28 bits per heavy atom. The first kappa shape index (κ1) is 14.2. The molecule has 0 spiro atoms. The second-order valence-electron chi connectivity index (χ2n) is 5.80. The Labute approximate surface area is 110 Å². The van der Waals surface area contributed by atoms with E-state index in [0.717, 1.165) is 32.4 Å². The maximum Gasteiger partial charge on any atom is 0.279 e. The number of hydrogen-bond donors (Lipinski definition) is 2. The fourth-order valence-corrected chi connectivity index (χ4v) is 4.45. The zero-order valence-electron chi connectivity index (χ0n) is 11.4. The van der Waals surface area contributed by atoms with E-state index >= 15 is 0 Å². The van der Waals surface area contributed by atoms with Crippen LogP contribution in [0.25, 0.3) is 0 Å². The molecule has 2 N–H and O–H groups in total. The van der Waals surface area contributed by atoms with Crippen LogP contribution in [-0.4, -0.2) is 44.9 Å². The molecule has 0 aromatic carbocycles. The summed E-state index contributed by atoms with van der Waals surface area (Å²) in [5.74, 6) is 0.875. The van der Waals surface area contributed by atoms with Gasteiger partial charge in [0.15, 0.2) is 0 Å². The fraction of sp³-hybridized carbons (Fsp3) is 1.00. The molecule has 0 aromatic heterocycles. The van der Waals surface area contributed by atoms with E-state index in [2.05, 4.69) is 23.9 Å². The lowest BCUT2D eigenvalue weighted by atomic mass is 9.96. The van der Waals surface area contributed by atoms with Crippen molar-refractivity contribution in [1.82, 2.24) is 14.3 Å². The molecular formula is C12H25N3O2S. The monoisotopic (exact) mass is 275 g/mol. The van der Waals surface area contributed by atoms with E-state index in [0.29, 0.717) is 24.9 Å². The Morgan fingerprint density at radius 2 is 2.06 bits per heavy atom. The molecule has 18 heavy (non-hydrogen) atoms. The normalized spacial score (nSPS) is 35.6. The van der Waals surface area contributed by atoms with Crippen molar-refractivity contribution in [3.63, 3.8) is 0 Å². The Morgan fingerprint density at radius 3 is 2.72 bits per heavy atom. The summed E-state index contributed by atoms with van der Waals surface area (Å²) < 4.78 is 29.1. The van der Waals surface area contributed by atoms with Gasteiger partial charge in [-0.2, -0.15) is 17.4 Å². The van der Waals surface area contributed by atoms with Crippen LogP contribution in [0.15, 0.2) is 0 Å². The summed E-state index contributed by atoms with van der Waals surface area (Å²) >= 11 is 0. The van der Waals surface area contributed by atoms with Gasteiger partial charge in [0.25, 0.3) is 10.2 Å². The minimum atomic E-state index is -3.31. The Kier molecular flexibility index (Phi) is 4.64. The van der Waals surface area contributed by atoms with Crippen LogP contribution in [0.5, 0.6) is 0 Å². The first-order valence-electron chi connectivity index (χ1n) is 6.97. The maximum atomic E-state index is 12.3. The highest BCUT2D eigenvalue weighted by molar-refractivity contribution is 7.87. The highest BCUT2D eigenvalue weighted by Crippen LogP contribution is 2.19. The molecule has 2 rings (SSSR count). The number of nitrogens with one attached hydrogen (secondary N) is 2. The van der Waals surface area contributed by atoms with Gasteiger partial charge in [-0.25, -0.2) is 0 Å². The lowest BCUT2D eigenvalue weighted by molar-refractivity contribution is 0.267. The second kappa shape index (κ2) is 5.86. The van der Waals surface area contributed by atoms with E-state index in [1.807, 2.05) is 0 Å². The van der Waals surface area contributed by atoms with Gasteiger partial charge in [0, 0.05) is 25.7 Å². The third kappa shape index (κ3) is 3.44. The van der Waals surface area contributed by atoms with Crippen LogP contribution >= 0.6 is 0 Å². The molecule has 2 fully saturated rings. The van der Waals surface area contributed by atoms with Crippen LogP contribution in [0.1, 0.15) is 33.1 Å². The van der Waals surface area contributed by atoms with Crippen molar-refractivity contribution in [2.45, 2.75) is 39.2 Å². The number of piperidine rings is 2. The molecule has 106 valence electrons. The van der Waals surface area contributed by atoms with Crippen LogP contribution in [0.3, 0.4) is 0 Å². The molecule has 0 saturated carbocycles. The molecule has 2 aliphatic heterocycles. The molecule has 6 heteroatoms. The molecule has 0 aliphatic carbocycles. The quantitative estimate of drug-likeness (QED) is 0.791. The first-order valence-corrected chi connectivity index (χ1v) is 8.41. The van der Waals surface area contributed by atoms with Crippen molar-refractivity contribution in [2.24, 2.45) is 11.8 Å². The van der Waals surface area contributed by atoms with Gasteiger partial charge >= 0.3 is 0 Å². The first-order chi connectivity index (χ1) is 8.49. The van der Waals surface area contributed by atoms with Gasteiger partial charge in [-0.05, 0) is 37.6 Å². The number of nitrogens with zero attached hydrogens (tertiary/aromatic N) is 1. The number of hydrogen-bond acceptors (Lipinski definition) is 3. The largest absolute Gasteiger partial charge is 0.315 e. The van der Waals surface area contributed by atoms with Crippen molar-refractivity contribution in [2.75, 3.05) is 26.2 Å². The van der Waals surface area contributed by atoms with Crippen molar-refractivity contribution in [3.05, 3.63) is 0 Å². The van der Waals surface area contributed by atoms with Gasteiger partial charge in [-0.1, -0.05) is 13.8 Å². The van der Waals surface area contributed by atoms with Crippen LogP contribution in [0.2, 0.25) is 0 Å². The minimum absolute atomic E-state index is 0.0287. The summed E-state index contributed by atoms with van der Waals surface area (Å²) in [5, 5.41) is 3.25. The fourth-order valence-electron chi connectivity index (χ4n) is 2.78. The van der Waals surface area contributed by atoms with Crippen LogP contribution in [0, 0.1) is 11.8 Å². The van der Waals surface area contributed by atoms with Gasteiger partial charge in [0.1, 0.15) is 0 Å². The van der Waals surface area contributed by atoms with Crippen LogP contribution in [0.4, 0.5) is 0 Å². The summed E-state index contributed by atoms with van der Waals surface area (Å²) in [4.78, 5) is 0. The molecule has 0 aromatic rings. The Hall–Kier alpha value is -0.170. The average molecular weight is 275 g/mol. The molecule has 5 nitrogen and oxygen atoms in total. The van der Waals surface area contributed by atoms with Crippen molar-refractivity contribution < 1.29 is 8.42 Å². The molecule has 2 saturated heterocycles. The van der Waals surface area contributed by atoms with E-state index in [1.165, 1.54) is 0 Å². The van der Waals surface area contributed by atoms with Gasteiger partial charge in [-0.3, -0.25) is 0 Å². The average Bonchev–Trinajstić information content (AvgIpc) is 2.32. The molecule has 0 unspecified atom stereocenters. The van der Waals surface area contributed by atoms with Gasteiger partial charge in [-0.15, -0.1) is 0 Å². The summed E-state index contributed by atoms with van der Waals surface area (Å²) in [7, 11) is -3.31. The molecule has 2 aliphatic rings. The zero-order valence-corrected chi connectivity index (χ0v) is 12.2. The third-order valence-electron chi connectivity index (χ3n) is 4.09. The molecule has 0 amide bonds. The van der Waals surface area contributed by atoms with E-state index in [4.69, 9.17) is 0 Å². The van der Waals surface area contributed by atoms with Crippen LogP contribution < -0.4 is 10.0 Å². The van der Waals surface area contributed by atoms with Gasteiger partial charge < -0.3 is 5.32 Å². The maximum absolute atomic E-state index is 12.3. The molecule has 2 heterocycles. The summed E-state index contributed by atoms with van der Waals surface area (Å²) in [6, 6.07) is 0.0287. The minimum Gasteiger partial charge on any atom is -0.315 e. The summed E-state index contributed by atoms with van der Waals surface area (Å²) in [6.45, 7) is 7.28. The van der Waals surface area contributed by atoms with Gasteiger partial charge in [0.05, 0.1) is 0 Å². The lowest BCUT2D eigenvalue weighted by Crippen LogP contribution is -2.55. The van der Waals surface area contributed by atoms with Gasteiger partial charge in [0.2, 0.25) is 0 Å². The van der Waals surface area contributed by atoms with E-state index < -0.39 is 10.2 Å². The zero-order chi connectivity index (χ0) is 13.2. The van der Waals surface area contributed by atoms with Crippen molar-refractivity contribution in [1.29, 1.82) is 0 Å².